The van der Waals surface area contributed by atoms with Crippen LogP contribution in [0.3, 0.4) is 0 Å². The molecule has 1 aliphatic heterocycles. The molecule has 0 radical (unpaired) electrons. The lowest BCUT2D eigenvalue weighted by Crippen LogP contribution is -2.22. The van der Waals surface area contributed by atoms with Crippen LogP contribution in [0, 0.1) is 11.8 Å². The molecule has 1 saturated heterocycles. The van der Waals surface area contributed by atoms with Crippen molar-refractivity contribution in [3.63, 3.8) is 0 Å². The van der Waals surface area contributed by atoms with Gasteiger partial charge in [0.25, 0.3) is 0 Å². The average molecular weight is 220 g/mol. The van der Waals surface area contributed by atoms with Crippen molar-refractivity contribution in [2.75, 3.05) is 23.4 Å². The fourth-order valence-corrected chi connectivity index (χ4v) is 2.22. The van der Waals surface area contributed by atoms with Gasteiger partial charge in [0, 0.05) is 13.1 Å². The molecule has 0 aromatic carbocycles. The Morgan fingerprint density at radius 3 is 2.94 bits per heavy atom. The van der Waals surface area contributed by atoms with Gasteiger partial charge in [-0.15, -0.1) is 0 Å². The fraction of sp³-hybridized carbons (Fsp3) is 0.583. The Morgan fingerprint density at radius 2 is 2.31 bits per heavy atom. The molecule has 2 heterocycles. The van der Waals surface area contributed by atoms with Crippen LogP contribution in [-0.4, -0.2) is 18.1 Å². The van der Waals surface area contributed by atoms with Gasteiger partial charge in [-0.25, -0.2) is 10.8 Å². The number of pyridine rings is 1. The monoisotopic (exact) mass is 220 g/mol. The first-order valence-corrected chi connectivity index (χ1v) is 5.89. The number of rotatable bonds is 3. The number of hydrazine groups is 1. The molecule has 4 heteroatoms. The summed E-state index contributed by atoms with van der Waals surface area (Å²) < 4.78 is 0. The largest absolute Gasteiger partial charge is 0.356 e. The highest BCUT2D eigenvalue weighted by Gasteiger charge is 2.25. The maximum absolute atomic E-state index is 5.36. The predicted molar refractivity (Wildman–Crippen MR) is 67.2 cm³/mol. The molecule has 2 rings (SSSR count). The van der Waals surface area contributed by atoms with Gasteiger partial charge in [-0.3, -0.25) is 0 Å². The van der Waals surface area contributed by atoms with Crippen molar-refractivity contribution >= 4 is 11.6 Å². The maximum Gasteiger partial charge on any atom is 0.142 e. The van der Waals surface area contributed by atoms with Gasteiger partial charge in [0.15, 0.2) is 0 Å². The minimum Gasteiger partial charge on any atom is -0.356 e. The number of nitrogen functional groups attached to an aromatic ring is 1. The van der Waals surface area contributed by atoms with Gasteiger partial charge in [0.1, 0.15) is 11.6 Å². The summed E-state index contributed by atoms with van der Waals surface area (Å²) in [5.74, 6) is 8.65. The number of anilines is 2. The van der Waals surface area contributed by atoms with E-state index in [2.05, 4.69) is 29.2 Å². The molecule has 0 spiro atoms. The van der Waals surface area contributed by atoms with Gasteiger partial charge < -0.3 is 10.3 Å². The van der Waals surface area contributed by atoms with Crippen LogP contribution in [0.1, 0.15) is 20.3 Å². The molecular weight excluding hydrogens is 200 g/mol. The second-order valence-corrected chi connectivity index (χ2v) is 4.76. The first-order valence-electron chi connectivity index (χ1n) is 5.89. The van der Waals surface area contributed by atoms with Gasteiger partial charge in [-0.05, 0) is 30.4 Å². The molecule has 0 bridgehead atoms. The molecule has 1 atom stereocenters. The molecule has 0 saturated carbocycles. The topological polar surface area (TPSA) is 54.2 Å². The number of aromatic nitrogens is 1. The summed E-state index contributed by atoms with van der Waals surface area (Å²) in [5.41, 5.74) is 2.59. The Labute approximate surface area is 96.8 Å². The van der Waals surface area contributed by atoms with E-state index in [9.17, 15) is 0 Å². The van der Waals surface area contributed by atoms with E-state index in [1.807, 2.05) is 18.2 Å². The van der Waals surface area contributed by atoms with Crippen molar-refractivity contribution in [3.8, 4) is 0 Å². The fourth-order valence-electron chi connectivity index (χ4n) is 2.22. The van der Waals surface area contributed by atoms with Crippen molar-refractivity contribution in [2.24, 2.45) is 17.7 Å². The summed E-state index contributed by atoms with van der Waals surface area (Å²) in [7, 11) is 0. The van der Waals surface area contributed by atoms with E-state index >= 15 is 0 Å². The number of nitrogens with one attached hydrogen (secondary N) is 1. The first kappa shape index (κ1) is 11.2. The van der Waals surface area contributed by atoms with E-state index in [1.54, 1.807) is 0 Å². The standard InChI is InChI=1S/C12H20N4/c1-9(2)10-6-7-16(8-10)12-5-3-4-11(14-12)15-13/h3-5,9-10H,6-8,13H2,1-2H3,(H,14,15). The van der Waals surface area contributed by atoms with E-state index in [-0.39, 0.29) is 0 Å². The molecular formula is C12H20N4. The Balaban J connectivity index is 2.08. The van der Waals surface area contributed by atoms with Gasteiger partial charge in [-0.2, -0.15) is 0 Å². The van der Waals surface area contributed by atoms with Gasteiger partial charge in [0.05, 0.1) is 0 Å². The third-order valence-corrected chi connectivity index (χ3v) is 3.37. The number of nitrogens with two attached hydrogens (primary N) is 1. The number of nitrogens with zero attached hydrogens (tertiary/aromatic N) is 2. The molecule has 1 aliphatic rings. The lowest BCUT2D eigenvalue weighted by Gasteiger charge is -2.19. The lowest BCUT2D eigenvalue weighted by molar-refractivity contribution is 0.422. The van der Waals surface area contributed by atoms with Crippen molar-refractivity contribution in [1.82, 2.24) is 4.98 Å². The van der Waals surface area contributed by atoms with Gasteiger partial charge in [-0.1, -0.05) is 19.9 Å². The minimum atomic E-state index is 0.727. The Kier molecular flexibility index (Phi) is 3.29. The second-order valence-electron chi connectivity index (χ2n) is 4.76. The van der Waals surface area contributed by atoms with E-state index in [0.717, 1.165) is 36.6 Å². The quantitative estimate of drug-likeness (QED) is 0.603. The van der Waals surface area contributed by atoms with E-state index in [0.29, 0.717) is 0 Å². The number of hydrogen-bond acceptors (Lipinski definition) is 4. The number of hydrogen-bond donors (Lipinski definition) is 2. The van der Waals surface area contributed by atoms with E-state index in [4.69, 9.17) is 5.84 Å². The molecule has 1 aromatic rings. The average Bonchev–Trinajstić information content (AvgIpc) is 2.78. The van der Waals surface area contributed by atoms with Gasteiger partial charge in [0.2, 0.25) is 0 Å². The zero-order valence-corrected chi connectivity index (χ0v) is 9.98. The summed E-state index contributed by atoms with van der Waals surface area (Å²) in [6.07, 6.45) is 1.26. The first-order chi connectivity index (χ1) is 7.70. The Morgan fingerprint density at radius 1 is 1.50 bits per heavy atom. The van der Waals surface area contributed by atoms with Crippen molar-refractivity contribution in [2.45, 2.75) is 20.3 Å². The van der Waals surface area contributed by atoms with Crippen LogP contribution in [0.25, 0.3) is 0 Å². The summed E-state index contributed by atoms with van der Waals surface area (Å²) >= 11 is 0. The van der Waals surface area contributed by atoms with Crippen LogP contribution in [0.5, 0.6) is 0 Å². The zero-order valence-electron chi connectivity index (χ0n) is 9.98. The Hall–Kier alpha value is -1.29. The van der Waals surface area contributed by atoms with Crippen LogP contribution in [-0.2, 0) is 0 Å². The highest BCUT2D eigenvalue weighted by Crippen LogP contribution is 2.27. The SMILES string of the molecule is CC(C)C1CCN(c2cccc(NN)n2)C1. The van der Waals surface area contributed by atoms with Crippen LogP contribution in [0.2, 0.25) is 0 Å². The van der Waals surface area contributed by atoms with Gasteiger partial charge >= 0.3 is 0 Å². The highest BCUT2D eigenvalue weighted by atomic mass is 15.3. The van der Waals surface area contributed by atoms with Crippen molar-refractivity contribution < 1.29 is 0 Å². The molecule has 1 aromatic heterocycles. The molecule has 4 nitrogen and oxygen atoms in total. The van der Waals surface area contributed by atoms with Crippen LogP contribution in [0.15, 0.2) is 18.2 Å². The van der Waals surface area contributed by atoms with E-state index < -0.39 is 0 Å². The maximum atomic E-state index is 5.36. The summed E-state index contributed by atoms with van der Waals surface area (Å²) in [5, 5.41) is 0. The molecule has 1 fully saturated rings. The third-order valence-electron chi connectivity index (χ3n) is 3.37. The summed E-state index contributed by atoms with van der Waals surface area (Å²) in [6.45, 7) is 6.79. The highest BCUT2D eigenvalue weighted by molar-refractivity contribution is 5.47. The zero-order chi connectivity index (χ0) is 11.5. The summed E-state index contributed by atoms with van der Waals surface area (Å²) in [6, 6.07) is 5.91. The molecule has 0 aliphatic carbocycles. The second kappa shape index (κ2) is 4.70. The van der Waals surface area contributed by atoms with Crippen LogP contribution in [0.4, 0.5) is 11.6 Å². The lowest BCUT2D eigenvalue weighted by atomic mass is 9.95. The van der Waals surface area contributed by atoms with Crippen LogP contribution >= 0.6 is 0 Å². The normalized spacial score (nSPS) is 20.5. The van der Waals surface area contributed by atoms with Crippen molar-refractivity contribution in [3.05, 3.63) is 18.2 Å². The Bertz CT molecular complexity index is 351. The molecule has 1 unspecified atom stereocenters. The molecule has 88 valence electrons. The summed E-state index contributed by atoms with van der Waals surface area (Å²) in [4.78, 5) is 6.80. The predicted octanol–water partition coefficient (Wildman–Crippen LogP) is 1.85. The molecule has 16 heavy (non-hydrogen) atoms. The van der Waals surface area contributed by atoms with E-state index in [1.165, 1.54) is 6.42 Å². The van der Waals surface area contributed by atoms with Crippen LogP contribution < -0.4 is 16.2 Å². The molecule has 3 N–H and O–H groups in total. The van der Waals surface area contributed by atoms with Crippen molar-refractivity contribution in [1.29, 1.82) is 0 Å². The third kappa shape index (κ3) is 2.27. The molecule has 0 amide bonds. The minimum absolute atomic E-state index is 0.727. The smallest absolute Gasteiger partial charge is 0.142 e.